The lowest BCUT2D eigenvalue weighted by Crippen LogP contribution is -2.49. The minimum absolute atomic E-state index is 0.0666. The maximum absolute atomic E-state index is 12.0. The van der Waals surface area contributed by atoms with Gasteiger partial charge in [-0.25, -0.2) is 4.79 Å². The van der Waals surface area contributed by atoms with Crippen molar-refractivity contribution in [1.82, 2.24) is 10.2 Å². The monoisotopic (exact) mass is 360 g/mol. The Labute approximate surface area is 144 Å². The van der Waals surface area contributed by atoms with Gasteiger partial charge in [0.2, 0.25) is 11.8 Å². The van der Waals surface area contributed by atoms with E-state index in [9.17, 15) is 19.2 Å². The Balaban J connectivity index is 4.44. The van der Waals surface area contributed by atoms with Crippen LogP contribution in [-0.4, -0.2) is 77.0 Å². The molecule has 12 nitrogen and oxygen atoms in total. The summed E-state index contributed by atoms with van der Waals surface area (Å²) >= 11 is 0. The number of hydrogen-bond donors (Lipinski definition) is 6. The van der Waals surface area contributed by atoms with Gasteiger partial charge in [-0.1, -0.05) is 0 Å². The highest BCUT2D eigenvalue weighted by Crippen LogP contribution is 2.00. The van der Waals surface area contributed by atoms with Crippen LogP contribution < -0.4 is 22.5 Å². The molecule has 0 heterocycles. The van der Waals surface area contributed by atoms with Crippen LogP contribution in [-0.2, 0) is 19.2 Å². The second-order valence-corrected chi connectivity index (χ2v) is 5.31. The van der Waals surface area contributed by atoms with Crippen molar-refractivity contribution >= 4 is 29.7 Å². The number of carbonyl (C=O) groups excluding carboxylic acids is 2. The molecule has 0 aliphatic rings. The predicted octanol–water partition coefficient (Wildman–Crippen LogP) is -3.13. The van der Waals surface area contributed by atoms with Crippen LogP contribution in [0.3, 0.4) is 0 Å². The number of amides is 2. The van der Waals surface area contributed by atoms with Crippen LogP contribution >= 0.6 is 0 Å². The van der Waals surface area contributed by atoms with Gasteiger partial charge < -0.3 is 37.6 Å². The van der Waals surface area contributed by atoms with Crippen molar-refractivity contribution in [3.63, 3.8) is 0 Å². The highest BCUT2D eigenvalue weighted by molar-refractivity contribution is 5.90. The van der Waals surface area contributed by atoms with E-state index in [0.717, 1.165) is 4.90 Å². The number of nitrogens with two attached hydrogens (primary N) is 3. The third-order valence-corrected chi connectivity index (χ3v) is 3.05. The van der Waals surface area contributed by atoms with E-state index in [2.05, 4.69) is 4.99 Å². The maximum Gasteiger partial charge on any atom is 0.326 e. The summed E-state index contributed by atoms with van der Waals surface area (Å²) in [5.41, 5.74) is 16.0. The van der Waals surface area contributed by atoms with Crippen molar-refractivity contribution in [2.75, 3.05) is 20.1 Å². The summed E-state index contributed by atoms with van der Waals surface area (Å²) in [4.78, 5) is 50.0. The second-order valence-electron chi connectivity index (χ2n) is 5.31. The molecule has 0 radical (unpaired) electrons. The Bertz CT molecular complexity index is 533. The van der Waals surface area contributed by atoms with E-state index in [1.54, 1.807) is 0 Å². The molecule has 0 bridgehead atoms. The smallest absolute Gasteiger partial charge is 0.326 e. The molecule has 2 amide bonds. The summed E-state index contributed by atoms with van der Waals surface area (Å²) in [6.45, 7) is -0.146. The van der Waals surface area contributed by atoms with E-state index in [1.807, 2.05) is 5.32 Å². The molecule has 0 aliphatic carbocycles. The Morgan fingerprint density at radius 1 is 1.20 bits per heavy atom. The Hall–Kier alpha value is -2.89. The van der Waals surface area contributed by atoms with Crippen LogP contribution in [0.1, 0.15) is 19.3 Å². The lowest BCUT2D eigenvalue weighted by molar-refractivity contribution is -0.147. The topological polar surface area (TPSA) is 214 Å². The molecule has 0 aromatic rings. The van der Waals surface area contributed by atoms with Crippen molar-refractivity contribution < 1.29 is 29.4 Å². The number of likely N-dealkylation sites (N-methyl/N-ethyl adjacent to an activating group) is 1. The van der Waals surface area contributed by atoms with Crippen LogP contribution in [0.25, 0.3) is 0 Å². The first-order valence-corrected chi connectivity index (χ1v) is 7.34. The Morgan fingerprint density at radius 2 is 1.80 bits per heavy atom. The molecule has 0 aromatic carbocycles. The lowest BCUT2D eigenvalue weighted by atomic mass is 10.1. The highest BCUT2D eigenvalue weighted by atomic mass is 16.4. The summed E-state index contributed by atoms with van der Waals surface area (Å²) in [6.07, 6.45) is -0.0219. The fraction of sp³-hybridized carbons (Fsp3) is 0.615. The number of carboxylic acids is 2. The summed E-state index contributed by atoms with van der Waals surface area (Å²) < 4.78 is 0. The van der Waals surface area contributed by atoms with Crippen LogP contribution in [0.15, 0.2) is 4.99 Å². The average Bonchev–Trinajstić information content (AvgIpc) is 2.48. The number of aliphatic carboxylic acids is 2. The largest absolute Gasteiger partial charge is 0.481 e. The van der Waals surface area contributed by atoms with Gasteiger partial charge in [0, 0.05) is 13.6 Å². The van der Waals surface area contributed by atoms with Crippen molar-refractivity contribution in [1.29, 1.82) is 0 Å². The zero-order valence-electron chi connectivity index (χ0n) is 13.8. The third kappa shape index (κ3) is 9.76. The quantitative estimate of drug-likeness (QED) is 0.124. The first-order chi connectivity index (χ1) is 11.5. The van der Waals surface area contributed by atoms with E-state index < -0.39 is 48.8 Å². The Morgan fingerprint density at radius 3 is 2.28 bits per heavy atom. The maximum atomic E-state index is 12.0. The summed E-state index contributed by atoms with van der Waals surface area (Å²) in [5.74, 6) is -4.26. The van der Waals surface area contributed by atoms with Crippen molar-refractivity contribution in [2.45, 2.75) is 31.3 Å². The molecule has 0 spiro atoms. The molecule has 0 saturated carbocycles. The van der Waals surface area contributed by atoms with Gasteiger partial charge >= 0.3 is 11.9 Å². The van der Waals surface area contributed by atoms with Crippen LogP contribution in [0.2, 0.25) is 0 Å². The number of hydrogen-bond acceptors (Lipinski definition) is 6. The molecule has 2 atom stereocenters. The number of nitrogens with zero attached hydrogens (tertiary/aromatic N) is 2. The first kappa shape index (κ1) is 22.1. The molecular weight excluding hydrogens is 336 g/mol. The molecule has 0 aliphatic heterocycles. The standard InChI is InChI=1S/C13H24N6O6/c1-19(11(23)7(14)3-2-4-17-13(15)16)6-9(20)18-8(12(24)25)5-10(21)22/h7-8H,2-6,14H2,1H3,(H,18,20)(H,21,22)(H,24,25)(H4,15,16,17). The van der Waals surface area contributed by atoms with Gasteiger partial charge in [-0.2, -0.15) is 0 Å². The van der Waals surface area contributed by atoms with Crippen molar-refractivity contribution in [3.05, 3.63) is 0 Å². The van der Waals surface area contributed by atoms with Crippen LogP contribution in [0.5, 0.6) is 0 Å². The van der Waals surface area contributed by atoms with Gasteiger partial charge in [-0.3, -0.25) is 19.4 Å². The zero-order chi connectivity index (χ0) is 19.6. The fourth-order valence-electron chi connectivity index (χ4n) is 1.83. The van der Waals surface area contributed by atoms with Gasteiger partial charge in [0.05, 0.1) is 19.0 Å². The van der Waals surface area contributed by atoms with Crippen molar-refractivity contribution in [2.24, 2.45) is 22.2 Å². The van der Waals surface area contributed by atoms with Gasteiger partial charge in [-0.15, -0.1) is 0 Å². The van der Waals surface area contributed by atoms with Gasteiger partial charge in [0.15, 0.2) is 5.96 Å². The molecule has 2 unspecified atom stereocenters. The minimum Gasteiger partial charge on any atom is -0.481 e. The minimum atomic E-state index is -1.58. The van der Waals surface area contributed by atoms with Crippen LogP contribution in [0.4, 0.5) is 0 Å². The number of carbonyl (C=O) groups is 4. The molecule has 142 valence electrons. The van der Waals surface area contributed by atoms with E-state index in [0.29, 0.717) is 19.4 Å². The van der Waals surface area contributed by atoms with Crippen LogP contribution in [0, 0.1) is 0 Å². The molecule has 9 N–H and O–H groups in total. The molecular formula is C13H24N6O6. The number of nitrogens with one attached hydrogen (secondary N) is 1. The lowest BCUT2D eigenvalue weighted by Gasteiger charge is -2.21. The van der Waals surface area contributed by atoms with Gasteiger partial charge in [0.1, 0.15) is 6.04 Å². The summed E-state index contributed by atoms with van der Waals surface area (Å²) in [5, 5.41) is 19.5. The number of aliphatic imine (C=N–C) groups is 1. The van der Waals surface area contributed by atoms with E-state index >= 15 is 0 Å². The molecule has 25 heavy (non-hydrogen) atoms. The van der Waals surface area contributed by atoms with E-state index in [4.69, 9.17) is 27.4 Å². The van der Waals surface area contributed by atoms with Crippen molar-refractivity contribution in [3.8, 4) is 0 Å². The van der Waals surface area contributed by atoms with Gasteiger partial charge in [0.25, 0.3) is 0 Å². The zero-order valence-corrected chi connectivity index (χ0v) is 13.8. The Kier molecular flexibility index (Phi) is 9.56. The van der Waals surface area contributed by atoms with Gasteiger partial charge in [-0.05, 0) is 12.8 Å². The molecule has 0 rings (SSSR count). The fourth-order valence-corrected chi connectivity index (χ4v) is 1.83. The molecule has 0 aromatic heterocycles. The number of guanidine groups is 1. The molecule has 0 saturated heterocycles. The normalized spacial score (nSPS) is 12.6. The summed E-state index contributed by atoms with van der Waals surface area (Å²) in [7, 11) is 1.32. The number of rotatable bonds is 11. The second kappa shape index (κ2) is 10.8. The van der Waals surface area contributed by atoms with E-state index in [1.165, 1.54) is 7.05 Å². The third-order valence-electron chi connectivity index (χ3n) is 3.05. The first-order valence-electron chi connectivity index (χ1n) is 7.34. The number of carboxylic acid groups (broad SMARTS) is 2. The summed E-state index contributed by atoms with van der Waals surface area (Å²) in [6, 6.07) is -2.46. The SMILES string of the molecule is CN(CC(=O)NC(CC(=O)O)C(=O)O)C(=O)C(N)CCCN=C(N)N. The van der Waals surface area contributed by atoms with E-state index in [-0.39, 0.29) is 5.96 Å². The average molecular weight is 360 g/mol. The predicted molar refractivity (Wildman–Crippen MR) is 87.3 cm³/mol. The molecule has 12 heteroatoms. The highest BCUT2D eigenvalue weighted by Gasteiger charge is 2.25. The molecule has 0 fully saturated rings.